The van der Waals surface area contributed by atoms with Crippen molar-refractivity contribution in [3.63, 3.8) is 0 Å². The fourth-order valence-electron chi connectivity index (χ4n) is 2.16. The van der Waals surface area contributed by atoms with E-state index in [1.807, 2.05) is 19.3 Å². The predicted molar refractivity (Wildman–Crippen MR) is 53.3 cm³/mol. The van der Waals surface area contributed by atoms with Crippen molar-refractivity contribution in [3.05, 3.63) is 24.0 Å². The number of aromatic nitrogens is 1. The van der Waals surface area contributed by atoms with Crippen molar-refractivity contribution >= 4 is 0 Å². The first-order chi connectivity index (χ1) is 6.31. The summed E-state index contributed by atoms with van der Waals surface area (Å²) in [5.74, 6) is 0.707. The zero-order valence-corrected chi connectivity index (χ0v) is 7.96. The van der Waals surface area contributed by atoms with Gasteiger partial charge in [0.2, 0.25) is 0 Å². The molecule has 1 unspecified atom stereocenters. The van der Waals surface area contributed by atoms with Crippen LogP contribution in [0.1, 0.15) is 24.6 Å². The molecule has 13 heavy (non-hydrogen) atoms. The molecule has 3 nitrogen and oxygen atoms in total. The van der Waals surface area contributed by atoms with Gasteiger partial charge in [0, 0.05) is 24.0 Å². The largest absolute Gasteiger partial charge is 0.364 e. The normalized spacial score (nSPS) is 29.7. The van der Waals surface area contributed by atoms with Crippen LogP contribution in [-0.2, 0) is 0 Å². The average Bonchev–Trinajstić information content (AvgIpc) is 2.55. The van der Waals surface area contributed by atoms with E-state index in [1.165, 1.54) is 5.69 Å². The number of nitrogens with two attached hydrogens (primary N) is 1. The first-order valence-corrected chi connectivity index (χ1v) is 4.87. The molecule has 0 bridgehead atoms. The summed E-state index contributed by atoms with van der Waals surface area (Å²) in [4.78, 5) is 3.25. The molecular formula is C10H17N3. The van der Waals surface area contributed by atoms with Gasteiger partial charge in [-0.25, -0.2) is 0 Å². The van der Waals surface area contributed by atoms with Crippen LogP contribution in [0.3, 0.4) is 0 Å². The van der Waals surface area contributed by atoms with E-state index in [9.17, 15) is 0 Å². The Hall–Kier alpha value is -0.800. The van der Waals surface area contributed by atoms with Crippen molar-refractivity contribution in [2.24, 2.45) is 11.7 Å². The standard InChI is InChI=1S/C10H17N3/c1-12-10(7-5-8(11)6-7)9-3-2-4-13-9/h2-4,7-8,10,12-13H,5-6,11H2,1H3. The van der Waals surface area contributed by atoms with Gasteiger partial charge in [-0.05, 0) is 37.9 Å². The molecule has 1 fully saturated rings. The lowest BCUT2D eigenvalue weighted by atomic mass is 9.75. The van der Waals surface area contributed by atoms with E-state index in [0.29, 0.717) is 18.0 Å². The predicted octanol–water partition coefficient (Wildman–Crippen LogP) is 1.01. The molecule has 1 heterocycles. The third kappa shape index (κ3) is 1.62. The van der Waals surface area contributed by atoms with Gasteiger partial charge in [0.1, 0.15) is 0 Å². The molecule has 0 spiro atoms. The van der Waals surface area contributed by atoms with Crippen LogP contribution in [0.4, 0.5) is 0 Å². The first kappa shape index (κ1) is 8.78. The Morgan fingerprint density at radius 3 is 2.85 bits per heavy atom. The Morgan fingerprint density at radius 1 is 1.62 bits per heavy atom. The second-order valence-corrected chi connectivity index (χ2v) is 3.88. The van der Waals surface area contributed by atoms with Gasteiger partial charge >= 0.3 is 0 Å². The number of hydrogen-bond donors (Lipinski definition) is 3. The summed E-state index contributed by atoms with van der Waals surface area (Å²) in [6.07, 6.45) is 4.26. The molecule has 1 atom stereocenters. The molecule has 1 saturated carbocycles. The van der Waals surface area contributed by atoms with Crippen molar-refractivity contribution in [2.45, 2.75) is 24.9 Å². The minimum Gasteiger partial charge on any atom is -0.364 e. The molecule has 1 aromatic heterocycles. The molecule has 1 aliphatic carbocycles. The Morgan fingerprint density at radius 2 is 2.38 bits per heavy atom. The SMILES string of the molecule is CNC(c1ccc[nH]1)C1CC(N)C1. The summed E-state index contributed by atoms with van der Waals surface area (Å²) in [6, 6.07) is 5.05. The van der Waals surface area contributed by atoms with Gasteiger partial charge in [-0.1, -0.05) is 0 Å². The van der Waals surface area contributed by atoms with Crippen LogP contribution in [0.2, 0.25) is 0 Å². The van der Waals surface area contributed by atoms with Gasteiger partial charge in [0.15, 0.2) is 0 Å². The van der Waals surface area contributed by atoms with E-state index < -0.39 is 0 Å². The Bertz CT molecular complexity index is 249. The average molecular weight is 179 g/mol. The molecule has 0 radical (unpaired) electrons. The maximum atomic E-state index is 5.78. The van der Waals surface area contributed by atoms with Crippen molar-refractivity contribution in [1.82, 2.24) is 10.3 Å². The van der Waals surface area contributed by atoms with E-state index in [1.54, 1.807) is 0 Å². The number of nitrogens with one attached hydrogen (secondary N) is 2. The highest BCUT2D eigenvalue weighted by atomic mass is 14.9. The maximum absolute atomic E-state index is 5.78. The molecule has 1 aromatic rings. The second kappa shape index (κ2) is 3.52. The molecule has 0 saturated heterocycles. The van der Waals surface area contributed by atoms with E-state index >= 15 is 0 Å². The number of aromatic amines is 1. The summed E-state index contributed by atoms with van der Waals surface area (Å²) in [5, 5.41) is 3.34. The van der Waals surface area contributed by atoms with Gasteiger partial charge in [0.25, 0.3) is 0 Å². The molecule has 1 aliphatic rings. The molecule has 3 heteroatoms. The summed E-state index contributed by atoms with van der Waals surface area (Å²) >= 11 is 0. The van der Waals surface area contributed by atoms with Crippen LogP contribution >= 0.6 is 0 Å². The zero-order chi connectivity index (χ0) is 9.26. The van der Waals surface area contributed by atoms with Gasteiger partial charge < -0.3 is 16.0 Å². The van der Waals surface area contributed by atoms with Crippen LogP contribution < -0.4 is 11.1 Å². The molecule has 0 aromatic carbocycles. The third-order valence-corrected chi connectivity index (χ3v) is 2.95. The Kier molecular flexibility index (Phi) is 2.38. The molecular weight excluding hydrogens is 162 g/mol. The van der Waals surface area contributed by atoms with Crippen molar-refractivity contribution in [1.29, 1.82) is 0 Å². The van der Waals surface area contributed by atoms with Crippen molar-refractivity contribution < 1.29 is 0 Å². The lowest BCUT2D eigenvalue weighted by Crippen LogP contribution is -2.42. The summed E-state index contributed by atoms with van der Waals surface area (Å²) < 4.78 is 0. The van der Waals surface area contributed by atoms with Crippen LogP contribution in [0.25, 0.3) is 0 Å². The summed E-state index contributed by atoms with van der Waals surface area (Å²) in [7, 11) is 2.01. The fourth-order valence-corrected chi connectivity index (χ4v) is 2.16. The number of rotatable bonds is 3. The lowest BCUT2D eigenvalue weighted by Gasteiger charge is -2.38. The second-order valence-electron chi connectivity index (χ2n) is 3.88. The highest BCUT2D eigenvalue weighted by Gasteiger charge is 2.33. The third-order valence-electron chi connectivity index (χ3n) is 2.95. The van der Waals surface area contributed by atoms with E-state index in [0.717, 1.165) is 12.8 Å². The van der Waals surface area contributed by atoms with Crippen LogP contribution in [-0.4, -0.2) is 18.1 Å². The molecule has 0 amide bonds. The monoisotopic (exact) mass is 179 g/mol. The molecule has 2 rings (SSSR count). The summed E-state index contributed by atoms with van der Waals surface area (Å²) in [6.45, 7) is 0. The molecule has 72 valence electrons. The van der Waals surface area contributed by atoms with Gasteiger partial charge in [-0.15, -0.1) is 0 Å². The van der Waals surface area contributed by atoms with Crippen LogP contribution in [0.15, 0.2) is 18.3 Å². The first-order valence-electron chi connectivity index (χ1n) is 4.87. The number of hydrogen-bond acceptors (Lipinski definition) is 2. The van der Waals surface area contributed by atoms with E-state index in [4.69, 9.17) is 5.73 Å². The minimum absolute atomic E-state index is 0.427. The summed E-state index contributed by atoms with van der Waals surface area (Å²) in [5.41, 5.74) is 7.05. The number of H-pyrrole nitrogens is 1. The lowest BCUT2D eigenvalue weighted by molar-refractivity contribution is 0.202. The van der Waals surface area contributed by atoms with Gasteiger partial charge in [-0.2, -0.15) is 0 Å². The molecule has 4 N–H and O–H groups in total. The minimum atomic E-state index is 0.427. The maximum Gasteiger partial charge on any atom is 0.0500 e. The van der Waals surface area contributed by atoms with Gasteiger partial charge in [0.05, 0.1) is 0 Å². The topological polar surface area (TPSA) is 53.8 Å². The van der Waals surface area contributed by atoms with Crippen molar-refractivity contribution in [3.8, 4) is 0 Å². The van der Waals surface area contributed by atoms with E-state index in [2.05, 4.69) is 16.4 Å². The van der Waals surface area contributed by atoms with Gasteiger partial charge in [-0.3, -0.25) is 0 Å². The fraction of sp³-hybridized carbons (Fsp3) is 0.600. The van der Waals surface area contributed by atoms with Crippen LogP contribution in [0.5, 0.6) is 0 Å². The Balaban J connectivity index is 2.02. The smallest absolute Gasteiger partial charge is 0.0500 e. The van der Waals surface area contributed by atoms with E-state index in [-0.39, 0.29) is 0 Å². The van der Waals surface area contributed by atoms with Crippen LogP contribution in [0, 0.1) is 5.92 Å². The Labute approximate surface area is 78.7 Å². The zero-order valence-electron chi connectivity index (χ0n) is 7.96. The highest BCUT2D eigenvalue weighted by molar-refractivity contribution is 5.12. The van der Waals surface area contributed by atoms with Crippen molar-refractivity contribution in [2.75, 3.05) is 7.05 Å². The molecule has 0 aliphatic heterocycles. The quantitative estimate of drug-likeness (QED) is 0.648. The highest BCUT2D eigenvalue weighted by Crippen LogP contribution is 2.36.